The predicted octanol–water partition coefficient (Wildman–Crippen LogP) is 2.75. The lowest BCUT2D eigenvalue weighted by atomic mass is 9.89. The highest BCUT2D eigenvalue weighted by molar-refractivity contribution is 6.31. The molecule has 0 saturated heterocycles. The number of ether oxygens (including phenoxy) is 1. The summed E-state index contributed by atoms with van der Waals surface area (Å²) in [5.41, 5.74) is 1.21. The molecule has 2 rings (SSSR count). The van der Waals surface area contributed by atoms with Crippen molar-refractivity contribution in [3.63, 3.8) is 0 Å². The first kappa shape index (κ1) is 15.0. The third-order valence-corrected chi connectivity index (χ3v) is 3.71. The third-order valence-electron chi connectivity index (χ3n) is 3.43. The number of methoxy groups -OCH3 is 1. The highest BCUT2D eigenvalue weighted by Gasteiger charge is 2.33. The molecule has 1 aromatic carbocycles. The van der Waals surface area contributed by atoms with Gasteiger partial charge in [0.15, 0.2) is 0 Å². The van der Waals surface area contributed by atoms with Gasteiger partial charge in [-0.25, -0.2) is 0 Å². The van der Waals surface area contributed by atoms with Crippen LogP contribution in [-0.4, -0.2) is 28.6 Å². The number of aliphatic hydroxyl groups is 1. The molecule has 1 aromatic heterocycles. The SMILES string of the molecule is COCCn1ncc(Cl)c1C(C)(O)c1ccccc1C. The number of aromatic nitrogens is 2. The summed E-state index contributed by atoms with van der Waals surface area (Å²) in [4.78, 5) is 0. The van der Waals surface area contributed by atoms with Gasteiger partial charge >= 0.3 is 0 Å². The number of benzene rings is 1. The number of aryl methyl sites for hydroxylation is 1. The van der Waals surface area contributed by atoms with Gasteiger partial charge in [0.25, 0.3) is 0 Å². The molecule has 1 heterocycles. The second-order valence-corrected chi connectivity index (χ2v) is 5.35. The van der Waals surface area contributed by atoms with Crippen LogP contribution in [0.4, 0.5) is 0 Å². The molecule has 0 saturated carbocycles. The maximum Gasteiger partial charge on any atom is 0.130 e. The standard InChI is InChI=1S/C15H19ClN2O2/c1-11-6-4-5-7-12(11)15(2,19)14-13(16)10-17-18(14)8-9-20-3/h4-7,10,19H,8-9H2,1-3H3. The van der Waals surface area contributed by atoms with E-state index in [1.54, 1.807) is 24.9 Å². The van der Waals surface area contributed by atoms with Crippen molar-refractivity contribution < 1.29 is 9.84 Å². The Kier molecular flexibility index (Phi) is 4.48. The van der Waals surface area contributed by atoms with Crippen LogP contribution < -0.4 is 0 Å². The molecule has 1 atom stereocenters. The number of hydrogen-bond donors (Lipinski definition) is 1. The van der Waals surface area contributed by atoms with E-state index in [0.717, 1.165) is 11.1 Å². The normalized spacial score (nSPS) is 14.2. The van der Waals surface area contributed by atoms with Gasteiger partial charge in [0.05, 0.1) is 30.1 Å². The Morgan fingerprint density at radius 1 is 1.40 bits per heavy atom. The molecule has 20 heavy (non-hydrogen) atoms. The van der Waals surface area contributed by atoms with Crippen LogP contribution in [0.1, 0.15) is 23.7 Å². The summed E-state index contributed by atoms with van der Waals surface area (Å²) < 4.78 is 6.76. The van der Waals surface area contributed by atoms with Gasteiger partial charge in [0.1, 0.15) is 5.60 Å². The van der Waals surface area contributed by atoms with Gasteiger partial charge in [-0.1, -0.05) is 35.9 Å². The fourth-order valence-corrected chi connectivity index (χ4v) is 2.77. The van der Waals surface area contributed by atoms with Gasteiger partial charge in [-0.3, -0.25) is 4.68 Å². The lowest BCUT2D eigenvalue weighted by Gasteiger charge is -2.27. The van der Waals surface area contributed by atoms with E-state index in [1.165, 1.54) is 0 Å². The molecule has 5 heteroatoms. The summed E-state index contributed by atoms with van der Waals surface area (Å²) in [6.07, 6.45) is 1.55. The van der Waals surface area contributed by atoms with Crippen molar-refractivity contribution in [1.29, 1.82) is 0 Å². The number of rotatable bonds is 5. The van der Waals surface area contributed by atoms with Crippen molar-refractivity contribution in [3.8, 4) is 0 Å². The summed E-state index contributed by atoms with van der Waals surface area (Å²) in [7, 11) is 1.63. The molecule has 1 N–H and O–H groups in total. The van der Waals surface area contributed by atoms with Crippen molar-refractivity contribution in [3.05, 3.63) is 52.3 Å². The molecule has 4 nitrogen and oxygen atoms in total. The molecule has 0 spiro atoms. The van der Waals surface area contributed by atoms with Gasteiger partial charge in [0, 0.05) is 7.11 Å². The van der Waals surface area contributed by atoms with Crippen LogP contribution >= 0.6 is 11.6 Å². The molecule has 0 aliphatic carbocycles. The maximum atomic E-state index is 11.0. The fourth-order valence-electron chi connectivity index (χ4n) is 2.44. The van der Waals surface area contributed by atoms with Crippen molar-refractivity contribution >= 4 is 11.6 Å². The Morgan fingerprint density at radius 2 is 2.10 bits per heavy atom. The zero-order valence-electron chi connectivity index (χ0n) is 11.9. The Bertz CT molecular complexity index is 593. The first-order chi connectivity index (χ1) is 9.48. The van der Waals surface area contributed by atoms with E-state index in [-0.39, 0.29) is 0 Å². The second-order valence-electron chi connectivity index (χ2n) is 4.94. The van der Waals surface area contributed by atoms with E-state index in [1.807, 2.05) is 31.2 Å². The topological polar surface area (TPSA) is 47.3 Å². The average Bonchev–Trinajstić information content (AvgIpc) is 2.78. The monoisotopic (exact) mass is 294 g/mol. The third kappa shape index (κ3) is 2.73. The summed E-state index contributed by atoms with van der Waals surface area (Å²) in [5, 5.41) is 15.7. The molecule has 0 aliphatic rings. The highest BCUT2D eigenvalue weighted by atomic mass is 35.5. The Hall–Kier alpha value is -1.36. The minimum Gasteiger partial charge on any atom is -0.383 e. The number of halogens is 1. The van der Waals surface area contributed by atoms with E-state index in [9.17, 15) is 5.11 Å². The van der Waals surface area contributed by atoms with Crippen molar-refractivity contribution in [1.82, 2.24) is 9.78 Å². The average molecular weight is 295 g/mol. The van der Waals surface area contributed by atoms with E-state index in [0.29, 0.717) is 23.9 Å². The lowest BCUT2D eigenvalue weighted by Crippen LogP contribution is -2.29. The van der Waals surface area contributed by atoms with Gasteiger partial charge in [-0.05, 0) is 25.0 Å². The first-order valence-electron chi connectivity index (χ1n) is 6.47. The molecular formula is C15H19ClN2O2. The molecule has 1 unspecified atom stereocenters. The molecule has 2 aromatic rings. The second kappa shape index (κ2) is 5.95. The summed E-state index contributed by atoms with van der Waals surface area (Å²) >= 11 is 6.23. The van der Waals surface area contributed by atoms with Crippen LogP contribution in [0.2, 0.25) is 5.02 Å². The molecule has 0 radical (unpaired) electrons. The van der Waals surface area contributed by atoms with Crippen LogP contribution in [0.15, 0.2) is 30.5 Å². The predicted molar refractivity (Wildman–Crippen MR) is 79.0 cm³/mol. The van der Waals surface area contributed by atoms with E-state index < -0.39 is 5.60 Å². The number of hydrogen-bond acceptors (Lipinski definition) is 3. The van der Waals surface area contributed by atoms with E-state index in [4.69, 9.17) is 16.3 Å². The van der Waals surface area contributed by atoms with Gasteiger partial charge in [-0.2, -0.15) is 5.10 Å². The summed E-state index contributed by atoms with van der Waals surface area (Å²) in [6, 6.07) is 7.71. The smallest absolute Gasteiger partial charge is 0.130 e. The van der Waals surface area contributed by atoms with Crippen LogP contribution in [0.5, 0.6) is 0 Å². The fraction of sp³-hybridized carbons (Fsp3) is 0.400. The molecular weight excluding hydrogens is 276 g/mol. The van der Waals surface area contributed by atoms with Crippen LogP contribution in [0.25, 0.3) is 0 Å². The summed E-state index contributed by atoms with van der Waals surface area (Å²) in [5.74, 6) is 0. The summed E-state index contributed by atoms with van der Waals surface area (Å²) in [6.45, 7) is 4.75. The van der Waals surface area contributed by atoms with Crippen LogP contribution in [0, 0.1) is 6.92 Å². The Labute approximate surface area is 123 Å². The van der Waals surface area contributed by atoms with Crippen molar-refractivity contribution in [2.45, 2.75) is 26.0 Å². The molecule has 0 bridgehead atoms. The first-order valence-corrected chi connectivity index (χ1v) is 6.85. The zero-order chi connectivity index (χ0) is 14.8. The minimum absolute atomic E-state index is 0.453. The lowest BCUT2D eigenvalue weighted by molar-refractivity contribution is 0.0878. The number of nitrogens with zero attached hydrogens (tertiary/aromatic N) is 2. The maximum absolute atomic E-state index is 11.0. The van der Waals surface area contributed by atoms with E-state index in [2.05, 4.69) is 5.10 Å². The van der Waals surface area contributed by atoms with Gasteiger partial charge in [-0.15, -0.1) is 0 Å². The molecule has 0 amide bonds. The van der Waals surface area contributed by atoms with Crippen molar-refractivity contribution in [2.24, 2.45) is 0 Å². The van der Waals surface area contributed by atoms with Crippen LogP contribution in [0.3, 0.4) is 0 Å². The van der Waals surface area contributed by atoms with Crippen LogP contribution in [-0.2, 0) is 16.9 Å². The quantitative estimate of drug-likeness (QED) is 0.922. The highest BCUT2D eigenvalue weighted by Crippen LogP contribution is 2.35. The van der Waals surface area contributed by atoms with Gasteiger partial charge in [0.2, 0.25) is 0 Å². The Balaban J connectivity index is 2.49. The molecule has 0 aliphatic heterocycles. The van der Waals surface area contributed by atoms with E-state index >= 15 is 0 Å². The van der Waals surface area contributed by atoms with Crippen molar-refractivity contribution in [2.75, 3.05) is 13.7 Å². The molecule has 108 valence electrons. The largest absolute Gasteiger partial charge is 0.383 e. The molecule has 0 fully saturated rings. The zero-order valence-corrected chi connectivity index (χ0v) is 12.7. The van der Waals surface area contributed by atoms with Gasteiger partial charge < -0.3 is 9.84 Å². The minimum atomic E-state index is -1.20. The Morgan fingerprint density at radius 3 is 2.75 bits per heavy atom.